The van der Waals surface area contributed by atoms with Gasteiger partial charge in [0.25, 0.3) is 5.09 Å². The fourth-order valence-corrected chi connectivity index (χ4v) is 1.95. The maximum Gasteiger partial charge on any atom is 0.513 e. The third-order valence-electron chi connectivity index (χ3n) is 3.01. The lowest BCUT2D eigenvalue weighted by molar-refractivity contribution is -0.763. The molecule has 0 unspecified atom stereocenters. The van der Waals surface area contributed by atoms with E-state index in [4.69, 9.17) is 9.47 Å². The second kappa shape index (κ2) is 9.02. The Kier molecular flexibility index (Phi) is 6.49. The summed E-state index contributed by atoms with van der Waals surface area (Å²) < 4.78 is 14.9. The van der Waals surface area contributed by atoms with E-state index in [0.717, 1.165) is 0 Å². The van der Waals surface area contributed by atoms with Crippen molar-refractivity contribution in [3.05, 3.63) is 69.8 Å². The molecule has 9 nitrogen and oxygen atoms in total. The molecule has 0 atom stereocenters. The Morgan fingerprint density at radius 2 is 1.85 bits per heavy atom. The first-order valence-electron chi connectivity index (χ1n) is 7.51. The summed E-state index contributed by atoms with van der Waals surface area (Å²) in [5.74, 6) is -0.619. The Morgan fingerprint density at radius 1 is 1.08 bits per heavy atom. The molecule has 9 heteroatoms. The first kappa shape index (κ1) is 18.7. The van der Waals surface area contributed by atoms with Crippen LogP contribution in [0.5, 0.6) is 11.5 Å². The van der Waals surface area contributed by atoms with Crippen molar-refractivity contribution in [3.63, 3.8) is 0 Å². The zero-order valence-electron chi connectivity index (χ0n) is 13.7. The van der Waals surface area contributed by atoms with Gasteiger partial charge in [0.05, 0.1) is 6.61 Å². The smallest absolute Gasteiger partial charge is 0.434 e. The van der Waals surface area contributed by atoms with Gasteiger partial charge in [-0.15, -0.1) is 10.1 Å². The summed E-state index contributed by atoms with van der Waals surface area (Å²) >= 11 is 0. The van der Waals surface area contributed by atoms with E-state index in [1.807, 2.05) is 0 Å². The summed E-state index contributed by atoms with van der Waals surface area (Å²) in [4.78, 5) is 38.3. The van der Waals surface area contributed by atoms with Gasteiger partial charge in [-0.1, -0.05) is 24.3 Å². The summed E-state index contributed by atoms with van der Waals surface area (Å²) in [7, 11) is 0. The number of para-hydroxylation sites is 1. The maximum atomic E-state index is 12.4. The van der Waals surface area contributed by atoms with Gasteiger partial charge in [0.1, 0.15) is 23.7 Å². The molecule has 2 rings (SSSR count). The van der Waals surface area contributed by atoms with Crippen molar-refractivity contribution >= 4 is 12.1 Å². The van der Waals surface area contributed by atoms with Crippen LogP contribution >= 0.6 is 0 Å². The van der Waals surface area contributed by atoms with Crippen molar-refractivity contribution in [2.24, 2.45) is 0 Å². The number of rotatable bonds is 7. The predicted molar refractivity (Wildman–Crippen MR) is 87.3 cm³/mol. The minimum Gasteiger partial charge on any atom is -0.434 e. The molecule has 0 saturated heterocycles. The first-order chi connectivity index (χ1) is 12.5. The largest absolute Gasteiger partial charge is 0.513 e. The second-order valence-corrected chi connectivity index (χ2v) is 4.82. The third kappa shape index (κ3) is 5.48. The van der Waals surface area contributed by atoms with Crippen LogP contribution in [0, 0.1) is 10.1 Å². The van der Waals surface area contributed by atoms with Crippen molar-refractivity contribution < 1.29 is 33.7 Å². The van der Waals surface area contributed by atoms with Gasteiger partial charge in [0.15, 0.2) is 0 Å². The summed E-state index contributed by atoms with van der Waals surface area (Å²) in [5, 5.41) is 9.32. The number of carbonyl (C=O) groups is 2. The van der Waals surface area contributed by atoms with Gasteiger partial charge < -0.3 is 19.0 Å². The average Bonchev–Trinajstić information content (AvgIpc) is 2.61. The number of benzene rings is 2. The van der Waals surface area contributed by atoms with Crippen LogP contribution in [0.3, 0.4) is 0 Å². The number of hydrogen-bond donors (Lipinski definition) is 0. The monoisotopic (exact) mass is 361 g/mol. The third-order valence-corrected chi connectivity index (χ3v) is 3.01. The van der Waals surface area contributed by atoms with E-state index >= 15 is 0 Å². The SMILES string of the molecule is CCOC(=O)Oc1ccccc1C(=O)Oc1cccc(CO[N+](=O)[O-])c1. The number of nitrogens with zero attached hydrogens (tertiary/aromatic N) is 1. The van der Waals surface area contributed by atoms with Gasteiger partial charge in [-0.3, -0.25) is 0 Å². The van der Waals surface area contributed by atoms with E-state index < -0.39 is 17.2 Å². The van der Waals surface area contributed by atoms with Crippen LogP contribution in [0.25, 0.3) is 0 Å². The van der Waals surface area contributed by atoms with Gasteiger partial charge in [-0.25, -0.2) is 9.59 Å². The normalized spacial score (nSPS) is 9.88. The number of carbonyl (C=O) groups excluding carboxylic acids is 2. The molecule has 0 aliphatic heterocycles. The van der Waals surface area contributed by atoms with Gasteiger partial charge in [-0.05, 0) is 36.8 Å². The second-order valence-electron chi connectivity index (χ2n) is 4.82. The van der Waals surface area contributed by atoms with Crippen LogP contribution in [0.4, 0.5) is 4.79 Å². The highest BCUT2D eigenvalue weighted by molar-refractivity contribution is 5.94. The average molecular weight is 361 g/mol. The molecule has 136 valence electrons. The maximum absolute atomic E-state index is 12.4. The van der Waals surface area contributed by atoms with Crippen molar-refractivity contribution in [3.8, 4) is 11.5 Å². The highest BCUT2D eigenvalue weighted by atomic mass is 16.9. The highest BCUT2D eigenvalue weighted by Crippen LogP contribution is 2.22. The lowest BCUT2D eigenvalue weighted by Crippen LogP contribution is -2.15. The molecule has 0 aliphatic carbocycles. The fourth-order valence-electron chi connectivity index (χ4n) is 1.95. The molecule has 0 radical (unpaired) electrons. The molecular formula is C17H15NO8. The zero-order valence-corrected chi connectivity index (χ0v) is 13.7. The first-order valence-corrected chi connectivity index (χ1v) is 7.51. The molecule has 0 bridgehead atoms. The molecule has 0 aromatic heterocycles. The quantitative estimate of drug-likeness (QED) is 0.243. The van der Waals surface area contributed by atoms with Gasteiger partial charge in [0.2, 0.25) is 0 Å². The summed E-state index contributed by atoms with van der Waals surface area (Å²) in [6.07, 6.45) is -0.938. The summed E-state index contributed by atoms with van der Waals surface area (Å²) in [5.41, 5.74) is 0.468. The minimum atomic E-state index is -0.938. The Labute approximate surface area is 148 Å². The Hall–Kier alpha value is -3.62. The van der Waals surface area contributed by atoms with Crippen LogP contribution in [0.1, 0.15) is 22.8 Å². The lowest BCUT2D eigenvalue weighted by Gasteiger charge is -2.10. The van der Waals surface area contributed by atoms with Gasteiger partial charge >= 0.3 is 12.1 Å². The standard InChI is InChI=1S/C17H15NO8/c1-2-23-17(20)26-15-9-4-3-8-14(15)16(19)25-13-7-5-6-12(10-13)11-24-18(21)22/h3-10H,2,11H2,1H3. The molecule has 0 saturated carbocycles. The van der Waals surface area contributed by atoms with Crippen LogP contribution in [-0.2, 0) is 16.2 Å². The molecule has 0 heterocycles. The molecule has 26 heavy (non-hydrogen) atoms. The molecule has 0 fully saturated rings. The molecular weight excluding hydrogens is 346 g/mol. The minimum absolute atomic E-state index is 0.0104. The van der Waals surface area contributed by atoms with Crippen LogP contribution < -0.4 is 9.47 Å². The Morgan fingerprint density at radius 3 is 2.58 bits per heavy atom. The van der Waals surface area contributed by atoms with Crippen LogP contribution in [0.15, 0.2) is 48.5 Å². The van der Waals surface area contributed by atoms with E-state index in [9.17, 15) is 19.7 Å². The summed E-state index contributed by atoms with van der Waals surface area (Å²) in [6.45, 7) is 1.47. The molecule has 2 aromatic rings. The molecule has 0 aliphatic rings. The molecule has 0 N–H and O–H groups in total. The van der Waals surface area contributed by atoms with E-state index in [0.29, 0.717) is 5.56 Å². The highest BCUT2D eigenvalue weighted by Gasteiger charge is 2.17. The Balaban J connectivity index is 2.11. The van der Waals surface area contributed by atoms with E-state index in [1.165, 1.54) is 24.3 Å². The van der Waals surface area contributed by atoms with Crippen LogP contribution in [-0.4, -0.2) is 23.8 Å². The number of esters is 1. The summed E-state index contributed by atoms with van der Waals surface area (Å²) in [6, 6.07) is 12.1. The zero-order chi connectivity index (χ0) is 18.9. The van der Waals surface area contributed by atoms with Crippen molar-refractivity contribution in [2.45, 2.75) is 13.5 Å². The Bertz CT molecular complexity index is 805. The molecule has 2 aromatic carbocycles. The van der Waals surface area contributed by atoms with E-state index in [2.05, 4.69) is 9.57 Å². The molecule has 0 spiro atoms. The number of hydrogen-bond acceptors (Lipinski definition) is 8. The van der Waals surface area contributed by atoms with Crippen molar-refractivity contribution in [1.82, 2.24) is 0 Å². The van der Waals surface area contributed by atoms with Gasteiger partial charge in [0, 0.05) is 0 Å². The number of ether oxygens (including phenoxy) is 3. The fraction of sp³-hybridized carbons (Fsp3) is 0.176. The lowest BCUT2D eigenvalue weighted by atomic mass is 10.2. The predicted octanol–water partition coefficient (Wildman–Crippen LogP) is 3.15. The topological polar surface area (TPSA) is 114 Å². The molecule has 0 amide bonds. The van der Waals surface area contributed by atoms with Crippen molar-refractivity contribution in [2.75, 3.05) is 6.61 Å². The van der Waals surface area contributed by atoms with E-state index in [-0.39, 0.29) is 30.3 Å². The van der Waals surface area contributed by atoms with E-state index in [1.54, 1.807) is 31.2 Å². The van der Waals surface area contributed by atoms with Crippen molar-refractivity contribution in [1.29, 1.82) is 0 Å². The van der Waals surface area contributed by atoms with Gasteiger partial charge in [-0.2, -0.15) is 0 Å². The van der Waals surface area contributed by atoms with Crippen LogP contribution in [0.2, 0.25) is 0 Å².